The van der Waals surface area contributed by atoms with Crippen molar-refractivity contribution in [2.45, 2.75) is 18.6 Å². The summed E-state index contributed by atoms with van der Waals surface area (Å²) in [6.07, 6.45) is 1.80. The second kappa shape index (κ2) is 7.52. The van der Waals surface area contributed by atoms with Crippen LogP contribution in [0, 0.1) is 6.92 Å². The van der Waals surface area contributed by atoms with Gasteiger partial charge >= 0.3 is 0 Å². The standard InChI is InChI=1S/C15H16ClN3O3S/c1-9-6-14(21)19(15(17-9)23-3)8-13(20)18-10-4-5-12(22-2)11(16)7-10/h4-7H,8H2,1-3H3,(H,18,20). The van der Waals surface area contributed by atoms with Crippen molar-refractivity contribution in [2.24, 2.45) is 0 Å². The van der Waals surface area contributed by atoms with Crippen LogP contribution in [0.1, 0.15) is 5.69 Å². The molecule has 2 rings (SSSR count). The molecule has 6 nitrogen and oxygen atoms in total. The van der Waals surface area contributed by atoms with Gasteiger partial charge in [-0.25, -0.2) is 4.98 Å². The van der Waals surface area contributed by atoms with Crippen LogP contribution >= 0.6 is 23.4 Å². The van der Waals surface area contributed by atoms with Crippen LogP contribution in [0.3, 0.4) is 0 Å². The van der Waals surface area contributed by atoms with Gasteiger partial charge in [-0.3, -0.25) is 14.2 Å². The number of nitrogens with zero attached hydrogens (tertiary/aromatic N) is 2. The molecule has 23 heavy (non-hydrogen) atoms. The van der Waals surface area contributed by atoms with E-state index in [0.717, 1.165) is 0 Å². The Morgan fingerprint density at radius 3 is 2.78 bits per heavy atom. The van der Waals surface area contributed by atoms with E-state index in [1.807, 2.05) is 0 Å². The third kappa shape index (κ3) is 4.27. The molecule has 122 valence electrons. The molecule has 2 aromatic rings. The number of anilines is 1. The molecule has 0 saturated carbocycles. The number of halogens is 1. The summed E-state index contributed by atoms with van der Waals surface area (Å²) < 4.78 is 6.39. The van der Waals surface area contributed by atoms with Crippen molar-refractivity contribution < 1.29 is 9.53 Å². The van der Waals surface area contributed by atoms with Gasteiger partial charge in [-0.1, -0.05) is 23.4 Å². The van der Waals surface area contributed by atoms with Crippen LogP contribution in [0.15, 0.2) is 34.2 Å². The Balaban J connectivity index is 2.17. The van der Waals surface area contributed by atoms with Crippen molar-refractivity contribution in [1.82, 2.24) is 9.55 Å². The molecular formula is C15H16ClN3O3S. The summed E-state index contributed by atoms with van der Waals surface area (Å²) in [4.78, 5) is 28.5. The fourth-order valence-electron chi connectivity index (χ4n) is 1.98. The molecule has 0 radical (unpaired) electrons. The number of hydrogen-bond donors (Lipinski definition) is 1. The first-order valence-electron chi connectivity index (χ1n) is 6.70. The van der Waals surface area contributed by atoms with Gasteiger partial charge in [0.15, 0.2) is 5.16 Å². The highest BCUT2D eigenvalue weighted by molar-refractivity contribution is 7.98. The van der Waals surface area contributed by atoms with E-state index < -0.39 is 0 Å². The third-order valence-corrected chi connectivity index (χ3v) is 3.99. The smallest absolute Gasteiger partial charge is 0.254 e. The summed E-state index contributed by atoms with van der Waals surface area (Å²) in [5.41, 5.74) is 0.891. The lowest BCUT2D eigenvalue weighted by atomic mass is 10.3. The fraction of sp³-hybridized carbons (Fsp3) is 0.267. The number of amides is 1. The van der Waals surface area contributed by atoms with Crippen LogP contribution in [0.5, 0.6) is 5.75 Å². The Kier molecular flexibility index (Phi) is 5.68. The Labute approximate surface area is 142 Å². The highest BCUT2D eigenvalue weighted by Crippen LogP contribution is 2.27. The molecule has 1 heterocycles. The molecule has 0 aliphatic carbocycles. The predicted molar refractivity (Wildman–Crippen MR) is 91.6 cm³/mol. The maximum atomic E-state index is 12.2. The predicted octanol–water partition coefficient (Wildman–Crippen LogP) is 2.57. The first-order valence-corrected chi connectivity index (χ1v) is 8.30. The molecule has 0 atom stereocenters. The lowest BCUT2D eigenvalue weighted by molar-refractivity contribution is -0.116. The average Bonchev–Trinajstić information content (AvgIpc) is 2.49. The number of thioether (sulfide) groups is 1. The SMILES string of the molecule is COc1ccc(NC(=O)Cn2c(SC)nc(C)cc2=O)cc1Cl. The van der Waals surface area contributed by atoms with Crippen LogP contribution in [0.4, 0.5) is 5.69 Å². The van der Waals surface area contributed by atoms with E-state index in [0.29, 0.717) is 27.3 Å². The minimum absolute atomic E-state index is 0.119. The normalized spacial score (nSPS) is 10.4. The van der Waals surface area contributed by atoms with Gasteiger partial charge in [-0.15, -0.1) is 0 Å². The molecule has 1 aromatic heterocycles. The van der Waals surface area contributed by atoms with E-state index in [-0.39, 0.29) is 18.0 Å². The fourth-order valence-corrected chi connectivity index (χ4v) is 2.85. The maximum absolute atomic E-state index is 12.2. The van der Waals surface area contributed by atoms with Gasteiger partial charge in [0.2, 0.25) is 5.91 Å². The Hall–Kier alpha value is -1.99. The van der Waals surface area contributed by atoms with Crippen molar-refractivity contribution in [1.29, 1.82) is 0 Å². The largest absolute Gasteiger partial charge is 0.495 e. The number of ether oxygens (including phenoxy) is 1. The lowest BCUT2D eigenvalue weighted by Gasteiger charge is -2.12. The van der Waals surface area contributed by atoms with Crippen LogP contribution in [-0.4, -0.2) is 28.8 Å². The number of hydrogen-bond acceptors (Lipinski definition) is 5. The third-order valence-electron chi connectivity index (χ3n) is 3.02. The molecule has 0 spiro atoms. The van der Waals surface area contributed by atoms with Gasteiger partial charge in [0.25, 0.3) is 5.56 Å². The van der Waals surface area contributed by atoms with Crippen molar-refractivity contribution in [3.63, 3.8) is 0 Å². The average molecular weight is 354 g/mol. The lowest BCUT2D eigenvalue weighted by Crippen LogP contribution is -2.29. The van der Waals surface area contributed by atoms with Gasteiger partial charge in [0.05, 0.1) is 12.1 Å². The second-order valence-electron chi connectivity index (χ2n) is 4.71. The van der Waals surface area contributed by atoms with Crippen molar-refractivity contribution in [3.05, 3.63) is 45.3 Å². The van der Waals surface area contributed by atoms with E-state index in [2.05, 4.69) is 10.3 Å². The number of carbonyl (C=O) groups excluding carboxylic acids is 1. The molecule has 1 amide bonds. The molecule has 1 aromatic carbocycles. The van der Waals surface area contributed by atoms with E-state index >= 15 is 0 Å². The van der Waals surface area contributed by atoms with Crippen LogP contribution in [-0.2, 0) is 11.3 Å². The van der Waals surface area contributed by atoms with Crippen LogP contribution < -0.4 is 15.6 Å². The Morgan fingerprint density at radius 2 is 2.17 bits per heavy atom. The first-order chi connectivity index (χ1) is 10.9. The number of aromatic nitrogens is 2. The first kappa shape index (κ1) is 17.4. The summed E-state index contributed by atoms with van der Waals surface area (Å²) in [5, 5.41) is 3.59. The summed E-state index contributed by atoms with van der Waals surface area (Å²) in [6.45, 7) is 1.62. The van der Waals surface area contributed by atoms with Gasteiger partial charge in [0.1, 0.15) is 12.3 Å². The molecule has 1 N–H and O–H groups in total. The summed E-state index contributed by atoms with van der Waals surface area (Å²) >= 11 is 7.33. The maximum Gasteiger partial charge on any atom is 0.254 e. The molecule has 0 aliphatic rings. The number of nitrogens with one attached hydrogen (secondary N) is 1. The second-order valence-corrected chi connectivity index (χ2v) is 5.89. The van der Waals surface area contributed by atoms with Crippen molar-refractivity contribution in [3.8, 4) is 5.75 Å². The monoisotopic (exact) mass is 353 g/mol. The van der Waals surface area contributed by atoms with E-state index in [4.69, 9.17) is 16.3 Å². The van der Waals surface area contributed by atoms with E-state index in [1.54, 1.807) is 31.4 Å². The number of aryl methyl sites for hydroxylation is 1. The zero-order valence-electron chi connectivity index (χ0n) is 12.9. The summed E-state index contributed by atoms with van der Waals surface area (Å²) in [6, 6.07) is 6.32. The minimum atomic E-state index is -0.339. The molecule has 0 saturated heterocycles. The van der Waals surface area contributed by atoms with Gasteiger partial charge < -0.3 is 10.1 Å². The zero-order chi connectivity index (χ0) is 17.0. The number of methoxy groups -OCH3 is 1. The van der Waals surface area contributed by atoms with Gasteiger partial charge in [-0.05, 0) is 31.4 Å². The topological polar surface area (TPSA) is 73.2 Å². The molecule has 0 fully saturated rings. The van der Waals surface area contributed by atoms with Crippen molar-refractivity contribution in [2.75, 3.05) is 18.7 Å². The number of carbonyl (C=O) groups is 1. The van der Waals surface area contributed by atoms with Crippen LogP contribution in [0.25, 0.3) is 0 Å². The van der Waals surface area contributed by atoms with E-state index in [1.165, 1.54) is 29.5 Å². The summed E-state index contributed by atoms with van der Waals surface area (Å²) in [5.74, 6) is 0.183. The Bertz CT molecular complexity index is 792. The molecule has 0 aliphatic heterocycles. The van der Waals surface area contributed by atoms with Gasteiger partial charge in [-0.2, -0.15) is 0 Å². The number of benzene rings is 1. The van der Waals surface area contributed by atoms with Crippen molar-refractivity contribution >= 4 is 35.0 Å². The quantitative estimate of drug-likeness (QED) is 0.660. The van der Waals surface area contributed by atoms with Gasteiger partial charge in [0, 0.05) is 17.4 Å². The summed E-state index contributed by atoms with van der Waals surface area (Å²) in [7, 11) is 1.51. The highest BCUT2D eigenvalue weighted by atomic mass is 35.5. The molecule has 0 unspecified atom stereocenters. The van der Waals surface area contributed by atoms with Crippen LogP contribution in [0.2, 0.25) is 5.02 Å². The highest BCUT2D eigenvalue weighted by Gasteiger charge is 2.11. The molecule has 8 heteroatoms. The van der Waals surface area contributed by atoms with E-state index in [9.17, 15) is 9.59 Å². The minimum Gasteiger partial charge on any atom is -0.495 e. The Morgan fingerprint density at radius 1 is 1.43 bits per heavy atom. The number of rotatable bonds is 5. The zero-order valence-corrected chi connectivity index (χ0v) is 14.5. The molecule has 0 bridgehead atoms. The molecular weight excluding hydrogens is 338 g/mol.